The number of carbonyl (C=O) groups excluding carboxylic acids is 1. The Hall–Kier alpha value is -1.33. The van der Waals surface area contributed by atoms with Crippen LogP contribution >= 0.6 is 0 Å². The molecular weight excluding hydrogens is 262 g/mol. The summed E-state index contributed by atoms with van der Waals surface area (Å²) < 4.78 is 26.5. The summed E-state index contributed by atoms with van der Waals surface area (Å²) in [6.45, 7) is 2.46. The molecule has 1 heterocycles. The Morgan fingerprint density at radius 1 is 1.30 bits per heavy atom. The van der Waals surface area contributed by atoms with E-state index in [-0.39, 0.29) is 23.8 Å². The molecule has 0 aliphatic carbocycles. The lowest BCUT2D eigenvalue weighted by molar-refractivity contribution is -0.123. The molecule has 1 aliphatic heterocycles. The third kappa shape index (κ3) is 3.61. The first-order valence-corrected chi connectivity index (χ1v) is 6.83. The van der Waals surface area contributed by atoms with Crippen molar-refractivity contribution >= 4 is 5.78 Å². The largest absolute Gasteiger partial charge is 0.304 e. The molecule has 5 heteroatoms. The van der Waals surface area contributed by atoms with E-state index in [1.165, 1.54) is 12.1 Å². The fourth-order valence-corrected chi connectivity index (χ4v) is 2.59. The third-order valence-corrected chi connectivity index (χ3v) is 3.82. The van der Waals surface area contributed by atoms with Crippen LogP contribution in [-0.2, 0) is 11.2 Å². The number of benzene rings is 1. The number of Topliss-reactive ketones (excluding diaryl/α,β-unsaturated/α-hetero) is 1. The number of nitrogens with zero attached hydrogens (tertiary/aromatic N) is 2. The first-order chi connectivity index (χ1) is 9.47. The van der Waals surface area contributed by atoms with Crippen LogP contribution in [0.3, 0.4) is 0 Å². The van der Waals surface area contributed by atoms with Crippen LogP contribution in [0, 0.1) is 11.6 Å². The van der Waals surface area contributed by atoms with Gasteiger partial charge < -0.3 is 4.90 Å². The Morgan fingerprint density at radius 2 is 2.05 bits per heavy atom. The van der Waals surface area contributed by atoms with Crippen molar-refractivity contribution < 1.29 is 13.6 Å². The normalized spacial score (nSPS) is 21.7. The minimum Gasteiger partial charge on any atom is -0.304 e. The van der Waals surface area contributed by atoms with E-state index in [1.807, 2.05) is 19.0 Å². The second-order valence-corrected chi connectivity index (χ2v) is 5.49. The van der Waals surface area contributed by atoms with Gasteiger partial charge in [0, 0.05) is 19.0 Å². The molecule has 0 amide bonds. The Bertz CT molecular complexity index is 493. The van der Waals surface area contributed by atoms with E-state index in [2.05, 4.69) is 4.90 Å². The topological polar surface area (TPSA) is 23.6 Å². The molecule has 0 bridgehead atoms. The highest BCUT2D eigenvalue weighted by Gasteiger charge is 2.27. The first-order valence-electron chi connectivity index (χ1n) is 6.83. The van der Waals surface area contributed by atoms with Gasteiger partial charge >= 0.3 is 0 Å². The molecule has 2 rings (SSSR count). The zero-order valence-electron chi connectivity index (χ0n) is 11.9. The standard InChI is InChI=1S/C15H20F2N2O/c1-18-6-3-7-19(2)14(10-18)15(20)8-11-4-5-12(16)9-13(11)17/h4-5,9,14H,3,6-8,10H2,1-2H3. The lowest BCUT2D eigenvalue weighted by Gasteiger charge is -2.26. The van der Waals surface area contributed by atoms with Gasteiger partial charge in [-0.1, -0.05) is 6.07 Å². The van der Waals surface area contributed by atoms with Crippen molar-refractivity contribution in [3.05, 3.63) is 35.4 Å². The number of ketones is 1. The van der Waals surface area contributed by atoms with Crippen LogP contribution in [0.4, 0.5) is 8.78 Å². The molecular formula is C15H20F2N2O. The Labute approximate surface area is 118 Å². The lowest BCUT2D eigenvalue weighted by Crippen LogP contribution is -2.44. The Morgan fingerprint density at radius 3 is 2.75 bits per heavy atom. The summed E-state index contributed by atoms with van der Waals surface area (Å²) in [4.78, 5) is 16.5. The summed E-state index contributed by atoms with van der Waals surface area (Å²) in [6.07, 6.45) is 1.02. The molecule has 1 atom stereocenters. The fourth-order valence-electron chi connectivity index (χ4n) is 2.59. The number of hydrogen-bond acceptors (Lipinski definition) is 3. The highest BCUT2D eigenvalue weighted by Crippen LogP contribution is 2.14. The van der Waals surface area contributed by atoms with Crippen LogP contribution in [0.2, 0.25) is 0 Å². The highest BCUT2D eigenvalue weighted by molar-refractivity contribution is 5.86. The second-order valence-electron chi connectivity index (χ2n) is 5.49. The summed E-state index contributed by atoms with van der Waals surface area (Å²) in [5.41, 5.74) is 0.261. The van der Waals surface area contributed by atoms with E-state index in [4.69, 9.17) is 0 Å². The number of likely N-dealkylation sites (N-methyl/N-ethyl adjacent to an activating group) is 2. The SMILES string of the molecule is CN1CCCN(C)C(C(=O)Cc2ccc(F)cc2F)C1. The minimum absolute atomic E-state index is 0.00889. The van der Waals surface area contributed by atoms with Crippen LogP contribution in [0.5, 0.6) is 0 Å². The van der Waals surface area contributed by atoms with Crippen LogP contribution in [0.1, 0.15) is 12.0 Å². The molecule has 0 N–H and O–H groups in total. The maximum atomic E-state index is 13.6. The van der Waals surface area contributed by atoms with Crippen molar-refractivity contribution in [3.8, 4) is 0 Å². The molecule has 1 aromatic carbocycles. The minimum atomic E-state index is -0.650. The highest BCUT2D eigenvalue weighted by atomic mass is 19.1. The van der Waals surface area contributed by atoms with Crippen molar-refractivity contribution in [2.75, 3.05) is 33.7 Å². The monoisotopic (exact) mass is 282 g/mol. The molecule has 0 radical (unpaired) electrons. The molecule has 0 spiro atoms. The van der Waals surface area contributed by atoms with E-state index >= 15 is 0 Å². The lowest BCUT2D eigenvalue weighted by atomic mass is 10.0. The van der Waals surface area contributed by atoms with Gasteiger partial charge in [0.05, 0.1) is 6.04 Å². The summed E-state index contributed by atoms with van der Waals surface area (Å²) >= 11 is 0. The molecule has 1 aliphatic rings. The van der Waals surface area contributed by atoms with Crippen molar-refractivity contribution in [2.24, 2.45) is 0 Å². The average molecular weight is 282 g/mol. The van der Waals surface area contributed by atoms with Gasteiger partial charge in [-0.15, -0.1) is 0 Å². The van der Waals surface area contributed by atoms with Crippen molar-refractivity contribution in [1.82, 2.24) is 9.80 Å². The number of hydrogen-bond donors (Lipinski definition) is 0. The van der Waals surface area contributed by atoms with Gasteiger partial charge in [0.2, 0.25) is 0 Å². The number of halogens is 2. The molecule has 0 saturated carbocycles. The summed E-state index contributed by atoms with van der Waals surface area (Å²) in [7, 11) is 3.90. The Balaban J connectivity index is 2.09. The van der Waals surface area contributed by atoms with Gasteiger partial charge in [0.25, 0.3) is 0 Å². The third-order valence-electron chi connectivity index (χ3n) is 3.82. The van der Waals surface area contributed by atoms with Gasteiger partial charge in [-0.2, -0.15) is 0 Å². The number of rotatable bonds is 3. The van der Waals surface area contributed by atoms with Gasteiger partial charge in [0.15, 0.2) is 5.78 Å². The predicted octanol–water partition coefficient (Wildman–Crippen LogP) is 1.71. The smallest absolute Gasteiger partial charge is 0.155 e. The van der Waals surface area contributed by atoms with Crippen LogP contribution in [-0.4, -0.2) is 55.4 Å². The van der Waals surface area contributed by atoms with Gasteiger partial charge in [-0.3, -0.25) is 9.69 Å². The maximum absolute atomic E-state index is 13.6. The zero-order chi connectivity index (χ0) is 14.7. The predicted molar refractivity (Wildman–Crippen MR) is 73.6 cm³/mol. The molecule has 1 aromatic rings. The fraction of sp³-hybridized carbons (Fsp3) is 0.533. The summed E-state index contributed by atoms with van der Waals surface area (Å²) in [5.74, 6) is -1.29. The van der Waals surface area contributed by atoms with E-state index in [0.717, 1.165) is 25.6 Å². The second kappa shape index (κ2) is 6.41. The molecule has 110 valence electrons. The summed E-state index contributed by atoms with van der Waals surface area (Å²) in [5, 5.41) is 0. The zero-order valence-corrected chi connectivity index (χ0v) is 11.9. The van der Waals surface area contributed by atoms with Crippen molar-refractivity contribution in [1.29, 1.82) is 0 Å². The average Bonchev–Trinajstić information content (AvgIpc) is 2.54. The van der Waals surface area contributed by atoms with E-state index in [1.54, 1.807) is 0 Å². The maximum Gasteiger partial charge on any atom is 0.155 e. The quantitative estimate of drug-likeness (QED) is 0.843. The Kier molecular flexibility index (Phi) is 4.83. The van der Waals surface area contributed by atoms with Crippen LogP contribution < -0.4 is 0 Å². The van der Waals surface area contributed by atoms with Gasteiger partial charge in [-0.05, 0) is 45.2 Å². The van der Waals surface area contributed by atoms with E-state index in [0.29, 0.717) is 6.54 Å². The van der Waals surface area contributed by atoms with Crippen molar-refractivity contribution in [2.45, 2.75) is 18.9 Å². The van der Waals surface area contributed by atoms with E-state index < -0.39 is 11.6 Å². The van der Waals surface area contributed by atoms with Crippen LogP contribution in [0.25, 0.3) is 0 Å². The molecule has 0 aromatic heterocycles. The molecule has 3 nitrogen and oxygen atoms in total. The molecule has 1 saturated heterocycles. The summed E-state index contributed by atoms with van der Waals surface area (Å²) in [6, 6.07) is 3.13. The molecule has 20 heavy (non-hydrogen) atoms. The van der Waals surface area contributed by atoms with Gasteiger partial charge in [0.1, 0.15) is 11.6 Å². The molecule has 1 fully saturated rings. The van der Waals surface area contributed by atoms with Crippen LogP contribution in [0.15, 0.2) is 18.2 Å². The van der Waals surface area contributed by atoms with E-state index in [9.17, 15) is 13.6 Å². The first kappa shape index (κ1) is 15.1. The molecule has 1 unspecified atom stereocenters. The van der Waals surface area contributed by atoms with Gasteiger partial charge in [-0.25, -0.2) is 8.78 Å². The number of carbonyl (C=O) groups is 1. The van der Waals surface area contributed by atoms with Crippen molar-refractivity contribution in [3.63, 3.8) is 0 Å².